The Labute approximate surface area is 242 Å². The molecular formula is C37H50O3. The molecule has 1 saturated carbocycles. The number of Topliss-reactive ketones (excluding diaryl/α,β-unsaturated/α-hetero) is 3. The van der Waals surface area contributed by atoms with E-state index in [-0.39, 0.29) is 28.2 Å². The molecule has 3 nitrogen and oxygen atoms in total. The van der Waals surface area contributed by atoms with Crippen molar-refractivity contribution in [2.45, 2.75) is 132 Å². The summed E-state index contributed by atoms with van der Waals surface area (Å²) in [5.41, 5.74) is 7.42. The third-order valence-corrected chi connectivity index (χ3v) is 11.9. The topological polar surface area (TPSA) is 51.2 Å². The molecule has 0 radical (unpaired) electrons. The second-order valence-electron chi connectivity index (χ2n) is 14.9. The van der Waals surface area contributed by atoms with Crippen molar-refractivity contribution in [1.82, 2.24) is 0 Å². The van der Waals surface area contributed by atoms with Gasteiger partial charge < -0.3 is 0 Å². The largest absolute Gasteiger partial charge is 0.294 e. The summed E-state index contributed by atoms with van der Waals surface area (Å²) in [6.07, 6.45) is 11.3. The summed E-state index contributed by atoms with van der Waals surface area (Å²) in [7, 11) is 0. The van der Waals surface area contributed by atoms with Crippen molar-refractivity contribution in [1.29, 1.82) is 0 Å². The molecule has 0 bridgehead atoms. The van der Waals surface area contributed by atoms with E-state index in [0.29, 0.717) is 17.9 Å². The molecule has 4 aliphatic rings. The first kappa shape index (κ1) is 29.2. The molecule has 0 amide bonds. The van der Waals surface area contributed by atoms with E-state index in [4.69, 9.17) is 0 Å². The number of fused-ring (bicyclic) bond motifs is 3. The minimum atomic E-state index is -0.858. The van der Waals surface area contributed by atoms with Crippen molar-refractivity contribution in [2.75, 3.05) is 0 Å². The lowest BCUT2D eigenvalue weighted by atomic mass is 9.42. The van der Waals surface area contributed by atoms with Crippen LogP contribution in [0.2, 0.25) is 0 Å². The van der Waals surface area contributed by atoms with Gasteiger partial charge in [0.2, 0.25) is 0 Å². The maximum absolute atomic E-state index is 14.8. The number of benzene rings is 1. The van der Waals surface area contributed by atoms with E-state index in [2.05, 4.69) is 40.7 Å². The van der Waals surface area contributed by atoms with Crippen LogP contribution in [-0.4, -0.2) is 17.3 Å². The van der Waals surface area contributed by atoms with Crippen molar-refractivity contribution in [3.63, 3.8) is 0 Å². The van der Waals surface area contributed by atoms with Gasteiger partial charge in [-0.05, 0) is 106 Å². The van der Waals surface area contributed by atoms with E-state index in [1.807, 2.05) is 20.8 Å². The quantitative estimate of drug-likeness (QED) is 0.349. The first-order valence-corrected chi connectivity index (χ1v) is 15.8. The zero-order valence-electron chi connectivity index (χ0n) is 26.5. The van der Waals surface area contributed by atoms with Gasteiger partial charge in [0.25, 0.3) is 0 Å². The Balaban J connectivity index is 1.66. The predicted molar refractivity (Wildman–Crippen MR) is 163 cm³/mol. The Morgan fingerprint density at radius 2 is 1.65 bits per heavy atom. The van der Waals surface area contributed by atoms with Crippen LogP contribution in [0, 0.1) is 29.1 Å². The molecule has 3 atom stereocenters. The van der Waals surface area contributed by atoms with Crippen LogP contribution in [0.3, 0.4) is 0 Å². The fourth-order valence-electron chi connectivity index (χ4n) is 9.68. The van der Waals surface area contributed by atoms with Crippen LogP contribution in [0.4, 0.5) is 0 Å². The van der Waals surface area contributed by atoms with Crippen molar-refractivity contribution < 1.29 is 14.4 Å². The zero-order valence-corrected chi connectivity index (χ0v) is 26.5. The van der Waals surface area contributed by atoms with Gasteiger partial charge in [-0.25, -0.2) is 0 Å². The zero-order chi connectivity index (χ0) is 29.4. The first-order valence-electron chi connectivity index (χ1n) is 15.8. The molecule has 3 unspecified atom stereocenters. The van der Waals surface area contributed by atoms with Crippen molar-refractivity contribution in [3.8, 4) is 0 Å². The highest BCUT2D eigenvalue weighted by Crippen LogP contribution is 2.66. The third-order valence-electron chi connectivity index (χ3n) is 11.9. The summed E-state index contributed by atoms with van der Waals surface area (Å²) in [5.74, 6) is 1.03. The average molecular weight is 543 g/mol. The molecule has 0 saturated heterocycles. The normalized spacial score (nSPS) is 30.9. The molecule has 1 aromatic rings. The predicted octanol–water partition coefficient (Wildman–Crippen LogP) is 8.99. The van der Waals surface area contributed by atoms with Crippen molar-refractivity contribution in [2.24, 2.45) is 22.2 Å². The molecule has 1 aromatic carbocycles. The van der Waals surface area contributed by atoms with Gasteiger partial charge in [0.05, 0.1) is 11.0 Å². The number of carbonyl (C=O) groups is 3. The van der Waals surface area contributed by atoms with E-state index < -0.39 is 5.41 Å². The van der Waals surface area contributed by atoms with E-state index in [0.717, 1.165) is 53.0 Å². The molecule has 3 heteroatoms. The van der Waals surface area contributed by atoms with E-state index in [9.17, 15) is 14.4 Å². The molecule has 5 rings (SSSR count). The Hall–Kier alpha value is -2.29. The fraction of sp³-hybridized carbons (Fsp3) is 0.649. The van der Waals surface area contributed by atoms with Crippen LogP contribution in [-0.2, 0) is 22.4 Å². The Kier molecular flexibility index (Phi) is 7.24. The average Bonchev–Trinajstić information content (AvgIpc) is 2.85. The second-order valence-corrected chi connectivity index (χ2v) is 14.9. The van der Waals surface area contributed by atoms with E-state index in [1.54, 1.807) is 0 Å². The van der Waals surface area contributed by atoms with Gasteiger partial charge in [0, 0.05) is 16.6 Å². The Bertz CT molecular complexity index is 1360. The Morgan fingerprint density at radius 3 is 2.25 bits per heavy atom. The maximum Gasteiger partial charge on any atom is 0.190 e. The first-order chi connectivity index (χ1) is 18.7. The van der Waals surface area contributed by atoms with E-state index in [1.165, 1.54) is 62.1 Å². The minimum Gasteiger partial charge on any atom is -0.294 e. The summed E-state index contributed by atoms with van der Waals surface area (Å²) in [6.45, 7) is 18.7. The smallest absolute Gasteiger partial charge is 0.190 e. The summed E-state index contributed by atoms with van der Waals surface area (Å²) in [4.78, 5) is 41.6. The van der Waals surface area contributed by atoms with Crippen molar-refractivity contribution in [3.05, 3.63) is 56.2 Å². The minimum absolute atomic E-state index is 0.0854. The molecule has 0 N–H and O–H groups in total. The molecular weight excluding hydrogens is 492 g/mol. The van der Waals surface area contributed by atoms with Gasteiger partial charge in [-0.15, -0.1) is 0 Å². The highest BCUT2D eigenvalue weighted by atomic mass is 16.2. The number of hydrogen-bond acceptors (Lipinski definition) is 3. The van der Waals surface area contributed by atoms with Crippen LogP contribution >= 0.6 is 0 Å². The van der Waals surface area contributed by atoms with Crippen LogP contribution in [0.15, 0.2) is 28.4 Å². The number of carbonyl (C=O) groups excluding carboxylic acids is 3. The lowest BCUT2D eigenvalue weighted by Gasteiger charge is -2.59. The van der Waals surface area contributed by atoms with Crippen LogP contribution in [0.25, 0.3) is 0 Å². The standard InChI is InChI=1S/C37H50O3/c1-21(2)28-17-27(16-15-26-13-11-10-12-14-26)23(4)31-29(28)19-35(7)20-36(8)18-22(3)30(25(6)38)34(40)37(36,9)24(5)32(35)33(31)39/h17,21,26H,10-16,18-20H2,1-9H3. The van der Waals surface area contributed by atoms with E-state index >= 15 is 0 Å². The third kappa shape index (κ3) is 4.16. The van der Waals surface area contributed by atoms with Gasteiger partial charge in [-0.3, -0.25) is 14.4 Å². The monoisotopic (exact) mass is 542 g/mol. The highest BCUT2D eigenvalue weighted by molar-refractivity contribution is 6.24. The van der Waals surface area contributed by atoms with Crippen LogP contribution < -0.4 is 0 Å². The molecule has 0 aromatic heterocycles. The molecule has 0 spiro atoms. The van der Waals surface area contributed by atoms with Gasteiger partial charge >= 0.3 is 0 Å². The molecule has 0 aliphatic heterocycles. The number of rotatable bonds is 5. The molecule has 4 aliphatic carbocycles. The molecule has 40 heavy (non-hydrogen) atoms. The molecule has 216 valence electrons. The van der Waals surface area contributed by atoms with Gasteiger partial charge in [-0.1, -0.05) is 77.0 Å². The number of hydrogen-bond donors (Lipinski definition) is 0. The number of aryl methyl sites for hydroxylation is 1. The molecule has 0 heterocycles. The summed E-state index contributed by atoms with van der Waals surface area (Å²) in [5, 5.41) is 0. The van der Waals surface area contributed by atoms with Gasteiger partial charge in [-0.2, -0.15) is 0 Å². The maximum atomic E-state index is 14.8. The SMILES string of the molecule is CC(=O)C1=C(C)CC2(C)CC3(C)Cc4c(C(C)C)cc(CCC5CCCCC5)c(C)c4C(=O)C3=C(C)C2(C)C1=O. The number of ketones is 3. The molecule has 1 fully saturated rings. The lowest BCUT2D eigenvalue weighted by molar-refractivity contribution is -0.134. The second kappa shape index (κ2) is 9.92. The Morgan fingerprint density at radius 1 is 1.00 bits per heavy atom. The summed E-state index contributed by atoms with van der Waals surface area (Å²) >= 11 is 0. The fourth-order valence-corrected chi connectivity index (χ4v) is 9.68. The number of allylic oxidation sites excluding steroid dienone is 4. The highest BCUT2D eigenvalue weighted by Gasteiger charge is 2.63. The van der Waals surface area contributed by atoms with Gasteiger partial charge in [0.1, 0.15) is 0 Å². The van der Waals surface area contributed by atoms with Crippen LogP contribution in [0.1, 0.15) is 145 Å². The van der Waals surface area contributed by atoms with Crippen LogP contribution in [0.5, 0.6) is 0 Å². The lowest BCUT2D eigenvalue weighted by Crippen LogP contribution is -2.57. The van der Waals surface area contributed by atoms with Crippen molar-refractivity contribution >= 4 is 17.3 Å². The summed E-state index contributed by atoms with van der Waals surface area (Å²) in [6, 6.07) is 2.44. The van der Waals surface area contributed by atoms with Gasteiger partial charge in [0.15, 0.2) is 17.3 Å². The summed E-state index contributed by atoms with van der Waals surface area (Å²) < 4.78 is 0.